The second-order valence-electron chi connectivity index (χ2n) is 5.13. The second-order valence-corrected chi connectivity index (χ2v) is 7.92. The molecule has 1 aromatic heterocycles. The van der Waals surface area contributed by atoms with E-state index >= 15 is 0 Å². The minimum Gasteiger partial charge on any atom is -0.451 e. The number of benzene rings is 2. The molecule has 0 radical (unpaired) electrons. The number of fused-ring (bicyclic) bond motifs is 1. The van der Waals surface area contributed by atoms with Gasteiger partial charge in [0.15, 0.2) is 6.61 Å². The summed E-state index contributed by atoms with van der Waals surface area (Å²) in [4.78, 5) is 24.2. The molecule has 3 aromatic rings. The largest absolute Gasteiger partial charge is 0.451 e. The van der Waals surface area contributed by atoms with E-state index in [2.05, 4.69) is 21.2 Å². The highest BCUT2D eigenvalue weighted by Crippen LogP contribution is 2.37. The number of anilines is 1. The number of amides is 1. The van der Waals surface area contributed by atoms with Crippen LogP contribution in [0, 0.1) is 5.82 Å². The van der Waals surface area contributed by atoms with Crippen LogP contribution in [-0.4, -0.2) is 18.5 Å². The van der Waals surface area contributed by atoms with Gasteiger partial charge in [0.05, 0.1) is 10.7 Å². The molecule has 0 saturated carbocycles. The van der Waals surface area contributed by atoms with Gasteiger partial charge >= 0.3 is 5.97 Å². The molecule has 0 aliphatic rings. The van der Waals surface area contributed by atoms with Crippen molar-refractivity contribution in [2.45, 2.75) is 0 Å². The van der Waals surface area contributed by atoms with Gasteiger partial charge in [-0.1, -0.05) is 45.2 Å². The predicted octanol–water partition coefficient (Wildman–Crippen LogP) is 5.91. The molecule has 0 fully saturated rings. The highest BCUT2D eigenvalue weighted by molar-refractivity contribution is 9.10. The summed E-state index contributed by atoms with van der Waals surface area (Å²) in [5, 5.41) is 3.77. The van der Waals surface area contributed by atoms with Gasteiger partial charge in [0.2, 0.25) is 0 Å². The molecule has 0 saturated heterocycles. The van der Waals surface area contributed by atoms with E-state index in [-0.39, 0.29) is 15.6 Å². The maximum Gasteiger partial charge on any atom is 0.350 e. The third-order valence-electron chi connectivity index (χ3n) is 3.32. The number of hydrogen-bond acceptors (Lipinski definition) is 4. The normalized spacial score (nSPS) is 10.8. The summed E-state index contributed by atoms with van der Waals surface area (Å²) in [7, 11) is 0. The molecule has 4 nitrogen and oxygen atoms in total. The molecule has 0 atom stereocenters. The maximum absolute atomic E-state index is 13.7. The van der Waals surface area contributed by atoms with Crippen molar-refractivity contribution >= 4 is 78.1 Å². The van der Waals surface area contributed by atoms with Crippen molar-refractivity contribution in [2.24, 2.45) is 0 Å². The van der Waals surface area contributed by atoms with Gasteiger partial charge in [0.1, 0.15) is 10.7 Å². The third kappa shape index (κ3) is 4.17. The first-order chi connectivity index (χ1) is 12.3. The Balaban J connectivity index is 1.67. The Hall–Kier alpha value is -1.67. The molecule has 1 N–H and O–H groups in total. The Kier molecular flexibility index (Phi) is 5.82. The van der Waals surface area contributed by atoms with Crippen LogP contribution in [0.1, 0.15) is 9.67 Å². The molecule has 0 unspecified atom stereocenters. The monoisotopic (exact) mass is 475 g/mol. The van der Waals surface area contributed by atoms with Gasteiger partial charge in [-0.15, -0.1) is 11.3 Å². The van der Waals surface area contributed by atoms with Crippen molar-refractivity contribution in [3.63, 3.8) is 0 Å². The quantitative estimate of drug-likeness (QED) is 0.476. The Bertz CT molecular complexity index is 1020. The number of carbonyl (C=O) groups excluding carboxylic acids is 2. The number of rotatable bonds is 4. The first kappa shape index (κ1) is 19.1. The molecule has 9 heteroatoms. The zero-order chi connectivity index (χ0) is 18.8. The molecule has 0 aliphatic heterocycles. The van der Waals surface area contributed by atoms with E-state index in [1.807, 2.05) is 0 Å². The summed E-state index contributed by atoms with van der Waals surface area (Å²) in [5.41, 5.74) is -0.0104. The topological polar surface area (TPSA) is 55.4 Å². The van der Waals surface area contributed by atoms with Crippen LogP contribution in [0.5, 0.6) is 0 Å². The summed E-state index contributed by atoms with van der Waals surface area (Å²) in [5.74, 6) is -2.01. The van der Waals surface area contributed by atoms with Crippen LogP contribution >= 0.6 is 50.5 Å². The zero-order valence-corrected chi connectivity index (χ0v) is 16.7. The van der Waals surface area contributed by atoms with E-state index in [1.54, 1.807) is 24.3 Å². The van der Waals surface area contributed by atoms with Crippen molar-refractivity contribution in [1.82, 2.24) is 0 Å². The van der Waals surface area contributed by atoms with Gasteiger partial charge in [-0.3, -0.25) is 4.79 Å². The lowest BCUT2D eigenvalue weighted by molar-refractivity contribution is -0.119. The SMILES string of the molecule is O=C(COC(=O)c1sc2cc(Cl)ccc2c1Cl)Nc1ccc(Br)cc1F. The number of carbonyl (C=O) groups is 2. The van der Waals surface area contributed by atoms with Gasteiger partial charge in [-0.25, -0.2) is 9.18 Å². The Morgan fingerprint density at radius 3 is 2.69 bits per heavy atom. The molecule has 3 rings (SSSR count). The fraction of sp³-hybridized carbons (Fsp3) is 0.0588. The smallest absolute Gasteiger partial charge is 0.350 e. The summed E-state index contributed by atoms with van der Waals surface area (Å²) >= 11 is 16.4. The molecule has 26 heavy (non-hydrogen) atoms. The Morgan fingerprint density at radius 1 is 1.19 bits per heavy atom. The molecule has 0 bridgehead atoms. The van der Waals surface area contributed by atoms with E-state index in [4.69, 9.17) is 27.9 Å². The summed E-state index contributed by atoms with van der Waals surface area (Å²) in [6.45, 7) is -0.570. The standard InChI is InChI=1S/C17H9BrCl2FNO3S/c18-8-1-4-12(11(21)5-8)22-14(23)7-25-17(24)16-15(20)10-3-2-9(19)6-13(10)26-16/h1-6H,7H2,(H,22,23). The average molecular weight is 477 g/mol. The third-order valence-corrected chi connectivity index (χ3v) is 5.68. The molecular weight excluding hydrogens is 468 g/mol. The Morgan fingerprint density at radius 2 is 1.96 bits per heavy atom. The van der Waals surface area contributed by atoms with Crippen molar-refractivity contribution in [2.75, 3.05) is 11.9 Å². The zero-order valence-electron chi connectivity index (χ0n) is 12.8. The lowest BCUT2D eigenvalue weighted by Crippen LogP contribution is -2.21. The summed E-state index contributed by atoms with van der Waals surface area (Å²) in [6, 6.07) is 9.24. The van der Waals surface area contributed by atoms with Gasteiger partial charge in [-0.2, -0.15) is 0 Å². The van der Waals surface area contributed by atoms with Gasteiger partial charge in [-0.05, 0) is 30.3 Å². The molecule has 134 valence electrons. The van der Waals surface area contributed by atoms with E-state index in [0.29, 0.717) is 14.9 Å². The number of thiophene rings is 1. The van der Waals surface area contributed by atoms with Crippen molar-refractivity contribution < 1.29 is 18.7 Å². The number of nitrogens with one attached hydrogen (secondary N) is 1. The molecular formula is C17H9BrCl2FNO3S. The van der Waals surface area contributed by atoms with Crippen molar-refractivity contribution in [3.8, 4) is 0 Å². The van der Waals surface area contributed by atoms with Gasteiger partial charge < -0.3 is 10.1 Å². The summed E-state index contributed by atoms with van der Waals surface area (Å²) in [6.07, 6.45) is 0. The number of hydrogen-bond donors (Lipinski definition) is 1. The molecule has 0 aliphatic carbocycles. The lowest BCUT2D eigenvalue weighted by Gasteiger charge is -2.07. The van der Waals surface area contributed by atoms with Gasteiger partial charge in [0.25, 0.3) is 5.91 Å². The van der Waals surface area contributed by atoms with Crippen LogP contribution in [0.3, 0.4) is 0 Å². The maximum atomic E-state index is 13.7. The summed E-state index contributed by atoms with van der Waals surface area (Å²) < 4.78 is 19.9. The second kappa shape index (κ2) is 7.92. The van der Waals surface area contributed by atoms with E-state index in [0.717, 1.165) is 16.0 Å². The number of ether oxygens (including phenoxy) is 1. The van der Waals surface area contributed by atoms with Crippen LogP contribution in [-0.2, 0) is 9.53 Å². The minimum absolute atomic E-state index is 0.0104. The van der Waals surface area contributed by atoms with E-state index in [1.165, 1.54) is 12.1 Å². The average Bonchev–Trinajstić information content (AvgIpc) is 2.91. The molecule has 1 heterocycles. The number of halogens is 4. The van der Waals surface area contributed by atoms with Crippen molar-refractivity contribution in [1.29, 1.82) is 0 Å². The van der Waals surface area contributed by atoms with Crippen LogP contribution in [0.15, 0.2) is 40.9 Å². The predicted molar refractivity (Wildman–Crippen MR) is 105 cm³/mol. The number of esters is 1. The lowest BCUT2D eigenvalue weighted by atomic mass is 10.2. The van der Waals surface area contributed by atoms with E-state index < -0.39 is 24.3 Å². The van der Waals surface area contributed by atoms with Crippen molar-refractivity contribution in [3.05, 3.63) is 61.6 Å². The highest BCUT2D eigenvalue weighted by Gasteiger charge is 2.20. The van der Waals surface area contributed by atoms with Crippen LogP contribution < -0.4 is 5.32 Å². The first-order valence-corrected chi connectivity index (χ1v) is 9.51. The fourth-order valence-corrected chi connectivity index (χ4v) is 4.16. The molecule has 2 aromatic carbocycles. The van der Waals surface area contributed by atoms with Crippen LogP contribution in [0.25, 0.3) is 10.1 Å². The minimum atomic E-state index is -0.737. The molecule has 0 spiro atoms. The van der Waals surface area contributed by atoms with E-state index in [9.17, 15) is 14.0 Å². The van der Waals surface area contributed by atoms with Gasteiger partial charge in [0, 0.05) is 19.6 Å². The van der Waals surface area contributed by atoms with Crippen LogP contribution in [0.4, 0.5) is 10.1 Å². The highest BCUT2D eigenvalue weighted by atomic mass is 79.9. The Labute approximate surface area is 170 Å². The fourth-order valence-electron chi connectivity index (χ4n) is 2.14. The first-order valence-electron chi connectivity index (χ1n) is 7.14. The van der Waals surface area contributed by atoms with Crippen LogP contribution in [0.2, 0.25) is 10.0 Å². The molecule has 1 amide bonds.